The van der Waals surface area contributed by atoms with E-state index in [1.165, 1.54) is 74.5 Å². The molecular weight excluding hydrogens is 657 g/mol. The lowest BCUT2D eigenvalue weighted by molar-refractivity contribution is 0.669. The largest absolute Gasteiger partial charge is 0.456 e. The number of furan rings is 1. The van der Waals surface area contributed by atoms with E-state index < -0.39 is 0 Å². The predicted octanol–water partition coefficient (Wildman–Crippen LogP) is 14.8. The quantitative estimate of drug-likeness (QED) is 0.173. The van der Waals surface area contributed by atoms with Crippen molar-refractivity contribution < 1.29 is 4.42 Å². The first-order valence-corrected chi connectivity index (χ1v) is 18.8. The summed E-state index contributed by atoms with van der Waals surface area (Å²) in [4.78, 5) is 2.43. The molecular formula is C48H30OS2. The van der Waals surface area contributed by atoms with Gasteiger partial charge in [0.05, 0.1) is 0 Å². The summed E-state index contributed by atoms with van der Waals surface area (Å²) >= 11 is 3.67. The van der Waals surface area contributed by atoms with Crippen LogP contribution < -0.4 is 0 Å². The van der Waals surface area contributed by atoms with E-state index in [0.717, 1.165) is 21.9 Å². The predicted molar refractivity (Wildman–Crippen MR) is 219 cm³/mol. The second-order valence-electron chi connectivity index (χ2n) is 12.9. The van der Waals surface area contributed by atoms with Crippen LogP contribution in [-0.4, -0.2) is 0 Å². The molecule has 2 heterocycles. The van der Waals surface area contributed by atoms with E-state index in [4.69, 9.17) is 4.42 Å². The van der Waals surface area contributed by atoms with Crippen molar-refractivity contribution in [2.24, 2.45) is 0 Å². The Bertz CT molecular complexity index is 2710. The Kier molecular flexibility index (Phi) is 7.34. The molecule has 0 bridgehead atoms. The molecule has 240 valence electrons. The topological polar surface area (TPSA) is 13.1 Å². The summed E-state index contributed by atoms with van der Waals surface area (Å²) in [6.45, 7) is 0. The molecule has 0 saturated heterocycles. The summed E-state index contributed by atoms with van der Waals surface area (Å²) in [5.41, 5.74) is 11.5. The maximum absolute atomic E-state index is 6.07. The van der Waals surface area contributed by atoms with Gasteiger partial charge in [0.15, 0.2) is 0 Å². The molecule has 51 heavy (non-hydrogen) atoms. The fraction of sp³-hybridized carbons (Fsp3) is 0. The Labute approximate surface area is 304 Å². The zero-order valence-corrected chi connectivity index (χ0v) is 29.2. The normalized spacial score (nSPS) is 11.6. The highest BCUT2D eigenvalue weighted by molar-refractivity contribution is 7.99. The molecule has 0 atom stereocenters. The molecule has 10 aromatic rings. The minimum atomic E-state index is 0.919. The number of benzene rings is 8. The highest BCUT2D eigenvalue weighted by atomic mass is 32.2. The van der Waals surface area contributed by atoms with Crippen LogP contribution >= 0.6 is 23.1 Å². The van der Waals surface area contributed by atoms with Gasteiger partial charge in [-0.1, -0.05) is 121 Å². The van der Waals surface area contributed by atoms with Gasteiger partial charge in [-0.05, 0) is 117 Å². The van der Waals surface area contributed by atoms with Crippen molar-refractivity contribution in [1.82, 2.24) is 0 Å². The Morgan fingerprint density at radius 3 is 1.45 bits per heavy atom. The van der Waals surface area contributed by atoms with Crippen LogP contribution in [0, 0.1) is 0 Å². The molecule has 0 amide bonds. The van der Waals surface area contributed by atoms with Crippen LogP contribution in [0.3, 0.4) is 0 Å². The van der Waals surface area contributed by atoms with E-state index in [1.54, 1.807) is 11.8 Å². The van der Waals surface area contributed by atoms with Gasteiger partial charge in [0, 0.05) is 40.7 Å². The summed E-state index contributed by atoms with van der Waals surface area (Å²) in [6.07, 6.45) is 0. The second-order valence-corrected chi connectivity index (χ2v) is 15.2. The smallest absolute Gasteiger partial charge is 0.135 e. The standard InChI is InChI=1S/C48H30OS2/c1-3-19-45-41(17-1)43-29-37(21-23-46(43)49-45)33-11-5-9-31(25-33)35-13-7-15-39(27-35)50-40-16-8-14-36(28-40)32-10-6-12-34(26-32)38-22-24-48-44(30-38)42-18-2-4-20-47(42)51-48/h1-30H. The number of rotatable bonds is 6. The van der Waals surface area contributed by atoms with Gasteiger partial charge in [-0.3, -0.25) is 0 Å². The van der Waals surface area contributed by atoms with Crippen molar-refractivity contribution in [2.75, 3.05) is 0 Å². The van der Waals surface area contributed by atoms with Crippen LogP contribution in [0.15, 0.2) is 196 Å². The lowest BCUT2D eigenvalue weighted by Gasteiger charge is -2.10. The fourth-order valence-electron chi connectivity index (χ4n) is 7.18. The molecule has 2 aromatic heterocycles. The lowest BCUT2D eigenvalue weighted by atomic mass is 9.98. The summed E-state index contributed by atoms with van der Waals surface area (Å²) in [5, 5.41) is 4.96. The van der Waals surface area contributed by atoms with Crippen molar-refractivity contribution in [1.29, 1.82) is 0 Å². The molecule has 0 aliphatic carbocycles. The number of thiophene rings is 1. The van der Waals surface area contributed by atoms with Crippen LogP contribution in [0.4, 0.5) is 0 Å². The molecule has 0 N–H and O–H groups in total. The van der Waals surface area contributed by atoms with Gasteiger partial charge in [-0.2, -0.15) is 0 Å². The first-order chi connectivity index (χ1) is 25.2. The molecule has 0 aliphatic heterocycles. The van der Waals surface area contributed by atoms with Crippen LogP contribution in [0.2, 0.25) is 0 Å². The molecule has 0 aliphatic rings. The van der Waals surface area contributed by atoms with Crippen LogP contribution in [0.25, 0.3) is 86.6 Å². The molecule has 8 aromatic carbocycles. The molecule has 10 rings (SSSR count). The Balaban J connectivity index is 0.920. The molecule has 0 saturated carbocycles. The highest BCUT2D eigenvalue weighted by Gasteiger charge is 2.11. The van der Waals surface area contributed by atoms with Crippen LogP contribution in [-0.2, 0) is 0 Å². The van der Waals surface area contributed by atoms with Crippen molar-refractivity contribution in [3.8, 4) is 44.5 Å². The van der Waals surface area contributed by atoms with Crippen LogP contribution in [0.1, 0.15) is 0 Å². The zero-order valence-electron chi connectivity index (χ0n) is 27.5. The van der Waals surface area contributed by atoms with Gasteiger partial charge in [0.2, 0.25) is 0 Å². The monoisotopic (exact) mass is 686 g/mol. The maximum Gasteiger partial charge on any atom is 0.135 e. The lowest BCUT2D eigenvalue weighted by Crippen LogP contribution is -1.84. The van der Waals surface area contributed by atoms with Crippen molar-refractivity contribution in [3.05, 3.63) is 182 Å². The average Bonchev–Trinajstić information content (AvgIpc) is 3.76. The Morgan fingerprint density at radius 1 is 0.314 bits per heavy atom. The maximum atomic E-state index is 6.07. The van der Waals surface area contributed by atoms with Gasteiger partial charge in [0.1, 0.15) is 11.2 Å². The molecule has 0 radical (unpaired) electrons. The van der Waals surface area contributed by atoms with Gasteiger partial charge in [0.25, 0.3) is 0 Å². The van der Waals surface area contributed by atoms with Crippen molar-refractivity contribution in [2.45, 2.75) is 9.79 Å². The van der Waals surface area contributed by atoms with E-state index in [-0.39, 0.29) is 0 Å². The molecule has 3 heteroatoms. The van der Waals surface area contributed by atoms with E-state index in [9.17, 15) is 0 Å². The summed E-state index contributed by atoms with van der Waals surface area (Å²) in [7, 11) is 0. The number of hydrogen-bond donors (Lipinski definition) is 0. The first kappa shape index (κ1) is 30.0. The molecule has 0 fully saturated rings. The first-order valence-electron chi connectivity index (χ1n) is 17.1. The molecule has 0 unspecified atom stereocenters. The van der Waals surface area contributed by atoms with E-state index in [2.05, 4.69) is 170 Å². The SMILES string of the molecule is c1cc(Sc2cccc(-c3cccc(-c4ccc5sc6ccccc6c5c4)c3)c2)cc(-c2cccc(-c3ccc4oc5ccccc5c4c3)c2)c1. The number of fused-ring (bicyclic) bond motifs is 6. The summed E-state index contributed by atoms with van der Waals surface area (Å²) in [5.74, 6) is 0. The average molecular weight is 687 g/mol. The molecule has 0 spiro atoms. The van der Waals surface area contributed by atoms with E-state index in [0.29, 0.717) is 0 Å². The number of para-hydroxylation sites is 1. The summed E-state index contributed by atoms with van der Waals surface area (Å²) in [6, 6.07) is 65.8. The van der Waals surface area contributed by atoms with Crippen molar-refractivity contribution in [3.63, 3.8) is 0 Å². The minimum Gasteiger partial charge on any atom is -0.456 e. The second kappa shape index (κ2) is 12.5. The Morgan fingerprint density at radius 2 is 0.784 bits per heavy atom. The summed E-state index contributed by atoms with van der Waals surface area (Å²) < 4.78 is 8.74. The third-order valence-electron chi connectivity index (χ3n) is 9.72. The third-order valence-corrected chi connectivity index (χ3v) is 11.8. The number of hydrogen-bond acceptors (Lipinski definition) is 3. The fourth-order valence-corrected chi connectivity index (χ4v) is 9.21. The Hall–Kier alpha value is -5.87. The van der Waals surface area contributed by atoms with E-state index >= 15 is 0 Å². The van der Waals surface area contributed by atoms with Crippen LogP contribution in [0.5, 0.6) is 0 Å². The van der Waals surface area contributed by atoms with E-state index in [1.807, 2.05) is 23.5 Å². The van der Waals surface area contributed by atoms with Gasteiger partial charge < -0.3 is 4.42 Å². The van der Waals surface area contributed by atoms with Crippen molar-refractivity contribution >= 4 is 65.2 Å². The minimum absolute atomic E-state index is 0.919. The highest BCUT2D eigenvalue weighted by Crippen LogP contribution is 2.39. The van der Waals surface area contributed by atoms with Gasteiger partial charge in [-0.15, -0.1) is 11.3 Å². The zero-order chi connectivity index (χ0) is 33.7. The third kappa shape index (κ3) is 5.61. The molecule has 1 nitrogen and oxygen atoms in total. The van der Waals surface area contributed by atoms with Gasteiger partial charge >= 0.3 is 0 Å². The van der Waals surface area contributed by atoms with Gasteiger partial charge in [-0.25, -0.2) is 0 Å².